The zero-order valence-electron chi connectivity index (χ0n) is 10.3. The lowest BCUT2D eigenvalue weighted by Crippen LogP contribution is -2.26. The second-order valence-corrected chi connectivity index (χ2v) is 6.30. The summed E-state index contributed by atoms with van der Waals surface area (Å²) in [5.74, 6) is 0.371. The summed E-state index contributed by atoms with van der Waals surface area (Å²) in [4.78, 5) is 1.15. The van der Waals surface area contributed by atoms with Crippen molar-refractivity contribution >= 4 is 27.3 Å². The van der Waals surface area contributed by atoms with E-state index < -0.39 is 0 Å². The van der Waals surface area contributed by atoms with Gasteiger partial charge in [0, 0.05) is 28.6 Å². The highest BCUT2D eigenvalue weighted by atomic mass is 79.9. The van der Waals surface area contributed by atoms with Crippen LogP contribution in [0, 0.1) is 5.82 Å². The van der Waals surface area contributed by atoms with Crippen molar-refractivity contribution in [2.24, 2.45) is 0 Å². The zero-order chi connectivity index (χ0) is 13.4. The molecule has 0 spiro atoms. The molecule has 19 heavy (non-hydrogen) atoms. The van der Waals surface area contributed by atoms with Gasteiger partial charge in [0.2, 0.25) is 0 Å². The number of ether oxygens (including phenoxy) is 1. The Morgan fingerprint density at radius 3 is 2.95 bits per heavy atom. The van der Waals surface area contributed by atoms with Crippen molar-refractivity contribution in [1.82, 2.24) is 5.32 Å². The quantitative estimate of drug-likeness (QED) is 0.872. The van der Waals surface area contributed by atoms with E-state index >= 15 is 0 Å². The van der Waals surface area contributed by atoms with Gasteiger partial charge in [0.25, 0.3) is 0 Å². The summed E-state index contributed by atoms with van der Waals surface area (Å²) in [6.45, 7) is 0. The summed E-state index contributed by atoms with van der Waals surface area (Å²) in [5.41, 5.74) is 1.02. The summed E-state index contributed by atoms with van der Waals surface area (Å²) >= 11 is 5.19. The lowest BCUT2D eigenvalue weighted by molar-refractivity contribution is 0.156. The van der Waals surface area contributed by atoms with Crippen molar-refractivity contribution in [3.63, 3.8) is 0 Å². The van der Waals surface area contributed by atoms with Gasteiger partial charge < -0.3 is 10.1 Å². The average molecular weight is 342 g/mol. The number of halogens is 2. The van der Waals surface area contributed by atoms with E-state index in [4.69, 9.17) is 4.74 Å². The van der Waals surface area contributed by atoms with Crippen molar-refractivity contribution in [3.8, 4) is 5.75 Å². The lowest BCUT2D eigenvalue weighted by atomic mass is 9.96. The molecule has 2 aromatic rings. The van der Waals surface area contributed by atoms with Gasteiger partial charge in [-0.2, -0.15) is 0 Å². The summed E-state index contributed by atoms with van der Waals surface area (Å²) in [6, 6.07) is 6.94. The van der Waals surface area contributed by atoms with Gasteiger partial charge in [0.1, 0.15) is 17.7 Å². The fraction of sp³-hybridized carbons (Fsp3) is 0.286. The van der Waals surface area contributed by atoms with Crippen LogP contribution in [0.1, 0.15) is 29.0 Å². The van der Waals surface area contributed by atoms with E-state index in [2.05, 4.69) is 21.2 Å². The predicted octanol–water partition coefficient (Wildman–Crippen LogP) is 4.43. The van der Waals surface area contributed by atoms with Crippen LogP contribution in [0.4, 0.5) is 4.39 Å². The van der Waals surface area contributed by atoms with E-state index in [1.54, 1.807) is 17.4 Å². The van der Waals surface area contributed by atoms with Crippen LogP contribution in [-0.2, 0) is 0 Å². The molecule has 3 rings (SSSR count). The first-order chi connectivity index (χ1) is 9.19. The maximum Gasteiger partial charge on any atom is 0.136 e. The largest absolute Gasteiger partial charge is 0.484 e. The Labute approximate surface area is 123 Å². The van der Waals surface area contributed by atoms with Crippen LogP contribution in [0.15, 0.2) is 34.1 Å². The molecule has 1 aliphatic heterocycles. The third-order valence-electron chi connectivity index (χ3n) is 3.36. The van der Waals surface area contributed by atoms with Gasteiger partial charge >= 0.3 is 0 Å². The highest BCUT2D eigenvalue weighted by Crippen LogP contribution is 2.44. The number of fused-ring (bicyclic) bond motifs is 1. The third kappa shape index (κ3) is 2.42. The number of benzene rings is 1. The second kappa shape index (κ2) is 5.23. The van der Waals surface area contributed by atoms with Gasteiger partial charge in [-0.25, -0.2) is 4.39 Å². The first kappa shape index (κ1) is 13.1. The van der Waals surface area contributed by atoms with Gasteiger partial charge in [-0.15, -0.1) is 11.3 Å². The molecule has 1 aromatic carbocycles. The van der Waals surface area contributed by atoms with Crippen molar-refractivity contribution in [2.45, 2.75) is 18.6 Å². The Kier molecular flexibility index (Phi) is 3.60. The molecule has 1 aliphatic rings. The van der Waals surface area contributed by atoms with E-state index in [-0.39, 0.29) is 18.0 Å². The van der Waals surface area contributed by atoms with Crippen molar-refractivity contribution in [3.05, 3.63) is 50.4 Å². The van der Waals surface area contributed by atoms with Gasteiger partial charge in [0.15, 0.2) is 0 Å². The number of hydrogen-bond acceptors (Lipinski definition) is 3. The van der Waals surface area contributed by atoms with Crippen LogP contribution in [0.25, 0.3) is 0 Å². The molecule has 2 atom stereocenters. The van der Waals surface area contributed by atoms with E-state index in [0.717, 1.165) is 21.3 Å². The average Bonchev–Trinajstić information content (AvgIpc) is 2.83. The fourth-order valence-electron chi connectivity index (χ4n) is 2.41. The van der Waals surface area contributed by atoms with E-state index in [1.807, 2.05) is 18.5 Å². The Balaban J connectivity index is 1.99. The molecule has 0 saturated carbocycles. The Bertz CT molecular complexity index is 601. The van der Waals surface area contributed by atoms with E-state index in [9.17, 15) is 4.39 Å². The molecule has 1 aromatic heterocycles. The standard InChI is InChI=1S/C14H13BrFNOS/c1-17-11-7-13(14-10(15)4-5-19-14)18-12-6-8(16)2-3-9(11)12/h2-6,11,13,17H,7H2,1H3. The molecule has 2 unspecified atom stereocenters. The first-order valence-corrected chi connectivity index (χ1v) is 7.72. The van der Waals surface area contributed by atoms with Crippen LogP contribution in [0.3, 0.4) is 0 Å². The summed E-state index contributed by atoms with van der Waals surface area (Å²) in [6.07, 6.45) is 0.801. The minimum absolute atomic E-state index is 0.0406. The normalized spacial score (nSPS) is 21.8. The molecular weight excluding hydrogens is 329 g/mol. The number of nitrogens with one attached hydrogen (secondary N) is 1. The summed E-state index contributed by atoms with van der Waals surface area (Å²) < 4.78 is 20.4. The van der Waals surface area contributed by atoms with Crippen LogP contribution < -0.4 is 10.1 Å². The van der Waals surface area contributed by atoms with Crippen molar-refractivity contribution in [1.29, 1.82) is 0 Å². The van der Waals surface area contributed by atoms with Gasteiger partial charge in [-0.05, 0) is 40.5 Å². The molecule has 1 N–H and O–H groups in total. The molecule has 0 saturated heterocycles. The van der Waals surface area contributed by atoms with Crippen LogP contribution in [-0.4, -0.2) is 7.05 Å². The van der Waals surface area contributed by atoms with Crippen molar-refractivity contribution < 1.29 is 9.13 Å². The molecule has 0 bridgehead atoms. The molecule has 2 heterocycles. The second-order valence-electron chi connectivity index (χ2n) is 4.50. The Morgan fingerprint density at radius 1 is 1.42 bits per heavy atom. The molecule has 0 fully saturated rings. The van der Waals surface area contributed by atoms with Gasteiger partial charge in [0.05, 0.1) is 4.88 Å². The summed E-state index contributed by atoms with van der Waals surface area (Å²) in [5, 5.41) is 5.30. The zero-order valence-corrected chi connectivity index (χ0v) is 12.7. The molecular formula is C14H13BrFNOS. The summed E-state index contributed by atoms with van der Waals surface area (Å²) in [7, 11) is 1.92. The third-order valence-corrected chi connectivity index (χ3v) is 5.32. The Hall–Kier alpha value is -0.910. The predicted molar refractivity (Wildman–Crippen MR) is 78.2 cm³/mol. The number of thiophene rings is 1. The lowest BCUT2D eigenvalue weighted by Gasteiger charge is -2.31. The maximum absolute atomic E-state index is 13.4. The fourth-order valence-corrected chi connectivity index (χ4v) is 4.08. The number of rotatable bonds is 2. The van der Waals surface area contributed by atoms with E-state index in [1.165, 1.54) is 12.1 Å². The number of hydrogen-bond donors (Lipinski definition) is 1. The van der Waals surface area contributed by atoms with Crippen molar-refractivity contribution in [2.75, 3.05) is 7.05 Å². The van der Waals surface area contributed by atoms with Crippen LogP contribution in [0.2, 0.25) is 0 Å². The molecule has 0 amide bonds. The topological polar surface area (TPSA) is 21.3 Å². The highest BCUT2D eigenvalue weighted by Gasteiger charge is 2.30. The molecule has 100 valence electrons. The van der Waals surface area contributed by atoms with Gasteiger partial charge in [-0.3, -0.25) is 0 Å². The smallest absolute Gasteiger partial charge is 0.136 e. The monoisotopic (exact) mass is 341 g/mol. The molecule has 5 heteroatoms. The Morgan fingerprint density at radius 2 is 2.26 bits per heavy atom. The maximum atomic E-state index is 13.4. The molecule has 2 nitrogen and oxygen atoms in total. The molecule has 0 radical (unpaired) electrons. The highest BCUT2D eigenvalue weighted by molar-refractivity contribution is 9.10. The van der Waals surface area contributed by atoms with Crippen LogP contribution in [0.5, 0.6) is 5.75 Å². The SMILES string of the molecule is CNC1CC(c2sccc2Br)Oc2cc(F)ccc21. The minimum Gasteiger partial charge on any atom is -0.484 e. The van der Waals surface area contributed by atoms with Gasteiger partial charge in [-0.1, -0.05) is 6.07 Å². The van der Waals surface area contributed by atoms with E-state index in [0.29, 0.717) is 5.75 Å². The first-order valence-electron chi connectivity index (χ1n) is 6.05. The minimum atomic E-state index is -0.264. The molecule has 0 aliphatic carbocycles. The van der Waals surface area contributed by atoms with Crippen LogP contribution >= 0.6 is 27.3 Å².